The van der Waals surface area contributed by atoms with Gasteiger partial charge < -0.3 is 10.4 Å². The van der Waals surface area contributed by atoms with Crippen molar-refractivity contribution in [1.82, 2.24) is 20.3 Å². The van der Waals surface area contributed by atoms with Crippen molar-refractivity contribution in [2.24, 2.45) is 0 Å². The molecule has 0 aliphatic rings. The predicted octanol–water partition coefficient (Wildman–Crippen LogP) is 1.91. The van der Waals surface area contributed by atoms with E-state index in [2.05, 4.69) is 15.6 Å². The maximum absolute atomic E-state index is 11.9. The lowest BCUT2D eigenvalue weighted by Gasteiger charge is -2.02. The van der Waals surface area contributed by atoms with Crippen molar-refractivity contribution in [2.45, 2.75) is 19.3 Å². The number of hydrogen-bond acceptors (Lipinski definition) is 4. The maximum Gasteiger partial charge on any atom is 0.303 e. The number of para-hydroxylation sites is 1. The lowest BCUT2D eigenvalue weighted by Crippen LogP contribution is -2.24. The molecule has 1 aromatic carbocycles. The molecule has 0 radical (unpaired) electrons. The molecular formula is C14H15ClN4O3. The molecule has 0 aliphatic heterocycles. The van der Waals surface area contributed by atoms with Gasteiger partial charge in [-0.1, -0.05) is 28.9 Å². The highest BCUT2D eigenvalue weighted by Crippen LogP contribution is 2.18. The molecule has 1 amide bonds. The van der Waals surface area contributed by atoms with Crippen LogP contribution in [-0.4, -0.2) is 38.5 Å². The van der Waals surface area contributed by atoms with E-state index in [1.807, 2.05) is 6.07 Å². The van der Waals surface area contributed by atoms with Gasteiger partial charge in [0.1, 0.15) is 0 Å². The topological polar surface area (TPSA) is 97.1 Å². The van der Waals surface area contributed by atoms with Crippen LogP contribution in [0.3, 0.4) is 0 Å². The largest absolute Gasteiger partial charge is 0.481 e. The van der Waals surface area contributed by atoms with Gasteiger partial charge in [-0.15, -0.1) is 5.10 Å². The van der Waals surface area contributed by atoms with Crippen molar-refractivity contribution in [3.05, 3.63) is 41.2 Å². The van der Waals surface area contributed by atoms with Crippen LogP contribution in [0.1, 0.15) is 29.8 Å². The Morgan fingerprint density at radius 1 is 1.27 bits per heavy atom. The summed E-state index contributed by atoms with van der Waals surface area (Å²) < 4.78 is 1.43. The number of nitrogens with one attached hydrogen (secondary N) is 1. The van der Waals surface area contributed by atoms with E-state index in [-0.39, 0.29) is 18.0 Å². The number of benzene rings is 1. The fraction of sp³-hybridized carbons (Fsp3) is 0.286. The molecule has 0 saturated heterocycles. The number of carboxylic acids is 1. The van der Waals surface area contributed by atoms with Gasteiger partial charge in [0, 0.05) is 13.0 Å². The molecule has 2 N–H and O–H groups in total. The van der Waals surface area contributed by atoms with E-state index in [0.717, 1.165) is 0 Å². The van der Waals surface area contributed by atoms with Crippen LogP contribution in [0.4, 0.5) is 0 Å². The van der Waals surface area contributed by atoms with Crippen LogP contribution in [0.5, 0.6) is 0 Å². The molecule has 0 aliphatic carbocycles. The number of aromatic nitrogens is 3. The molecule has 0 spiro atoms. The van der Waals surface area contributed by atoms with Gasteiger partial charge in [-0.25, -0.2) is 4.68 Å². The fourth-order valence-electron chi connectivity index (χ4n) is 1.82. The Labute approximate surface area is 131 Å². The summed E-state index contributed by atoms with van der Waals surface area (Å²) in [5.74, 6) is -1.19. The summed E-state index contributed by atoms with van der Waals surface area (Å²) in [6, 6.07) is 7.10. The first-order chi connectivity index (χ1) is 10.6. The van der Waals surface area contributed by atoms with Gasteiger partial charge in [-0.3, -0.25) is 9.59 Å². The third kappa shape index (κ3) is 4.29. The molecule has 1 aromatic heterocycles. The molecule has 0 fully saturated rings. The molecule has 8 heteroatoms. The van der Waals surface area contributed by atoms with Crippen molar-refractivity contribution in [3.8, 4) is 5.69 Å². The summed E-state index contributed by atoms with van der Waals surface area (Å²) in [4.78, 5) is 22.3. The van der Waals surface area contributed by atoms with E-state index in [1.165, 1.54) is 10.9 Å². The average molecular weight is 323 g/mol. The maximum atomic E-state index is 11.9. The summed E-state index contributed by atoms with van der Waals surface area (Å²) in [5.41, 5.74) is 0.815. The first-order valence-electron chi connectivity index (χ1n) is 6.75. The van der Waals surface area contributed by atoms with E-state index in [1.54, 1.807) is 18.2 Å². The fourth-order valence-corrected chi connectivity index (χ4v) is 2.04. The second-order valence-corrected chi connectivity index (χ2v) is 5.01. The van der Waals surface area contributed by atoms with E-state index in [4.69, 9.17) is 16.7 Å². The number of amides is 1. The summed E-state index contributed by atoms with van der Waals surface area (Å²) in [6.07, 6.45) is 2.70. The average Bonchev–Trinajstić information content (AvgIpc) is 2.96. The van der Waals surface area contributed by atoms with Crippen molar-refractivity contribution in [1.29, 1.82) is 0 Å². The zero-order valence-corrected chi connectivity index (χ0v) is 12.5. The Morgan fingerprint density at radius 3 is 2.77 bits per heavy atom. The highest BCUT2D eigenvalue weighted by Gasteiger charge is 2.12. The molecule has 2 aromatic rings. The number of rotatable bonds is 7. The number of carbonyl (C=O) groups excluding carboxylic acids is 1. The van der Waals surface area contributed by atoms with Crippen molar-refractivity contribution >= 4 is 23.5 Å². The first kappa shape index (κ1) is 16.0. The zero-order chi connectivity index (χ0) is 15.9. The minimum atomic E-state index is -0.839. The van der Waals surface area contributed by atoms with Gasteiger partial charge in [-0.05, 0) is 25.0 Å². The van der Waals surface area contributed by atoms with Crippen LogP contribution in [0.2, 0.25) is 5.02 Å². The number of unbranched alkanes of at least 4 members (excludes halogenated alkanes) is 1. The van der Waals surface area contributed by atoms with Gasteiger partial charge in [0.15, 0.2) is 5.69 Å². The number of halogens is 1. The molecule has 1 heterocycles. The van der Waals surface area contributed by atoms with Crippen molar-refractivity contribution in [2.75, 3.05) is 6.54 Å². The van der Waals surface area contributed by atoms with E-state index < -0.39 is 5.97 Å². The standard InChI is InChI=1S/C14H15ClN4O3/c15-10-5-1-2-6-12(10)19-9-11(17-18-19)14(22)16-8-4-3-7-13(20)21/h1-2,5-6,9H,3-4,7-8H2,(H,16,22)(H,20,21). The Balaban J connectivity index is 1.90. The number of carbonyl (C=O) groups is 2. The number of carboxylic acid groups (broad SMARTS) is 1. The molecular weight excluding hydrogens is 308 g/mol. The number of nitrogens with zero attached hydrogens (tertiary/aromatic N) is 3. The summed E-state index contributed by atoms with van der Waals surface area (Å²) in [5, 5.41) is 19.4. The smallest absolute Gasteiger partial charge is 0.303 e. The molecule has 116 valence electrons. The van der Waals surface area contributed by atoms with Crippen molar-refractivity contribution in [3.63, 3.8) is 0 Å². The van der Waals surface area contributed by atoms with Gasteiger partial charge >= 0.3 is 5.97 Å². The van der Waals surface area contributed by atoms with Crippen molar-refractivity contribution < 1.29 is 14.7 Å². The van der Waals surface area contributed by atoms with Gasteiger partial charge in [0.2, 0.25) is 0 Å². The van der Waals surface area contributed by atoms with Crippen LogP contribution >= 0.6 is 11.6 Å². The molecule has 0 bridgehead atoms. The lowest BCUT2D eigenvalue weighted by molar-refractivity contribution is -0.137. The monoisotopic (exact) mass is 322 g/mol. The van der Waals surface area contributed by atoms with Crippen LogP contribution in [-0.2, 0) is 4.79 Å². The van der Waals surface area contributed by atoms with Gasteiger partial charge in [-0.2, -0.15) is 0 Å². The SMILES string of the molecule is O=C(O)CCCCNC(=O)c1cn(-c2ccccc2Cl)nn1. The lowest BCUT2D eigenvalue weighted by atomic mass is 10.2. The Kier molecular flexibility index (Phi) is 5.48. The summed E-state index contributed by atoms with van der Waals surface area (Å²) >= 11 is 6.05. The van der Waals surface area contributed by atoms with Crippen LogP contribution < -0.4 is 5.32 Å². The predicted molar refractivity (Wildman–Crippen MR) is 80.2 cm³/mol. The second-order valence-electron chi connectivity index (χ2n) is 4.61. The zero-order valence-electron chi connectivity index (χ0n) is 11.7. The Bertz CT molecular complexity index is 672. The molecule has 0 atom stereocenters. The Hall–Kier alpha value is -2.41. The summed E-state index contributed by atoms with van der Waals surface area (Å²) in [6.45, 7) is 0.394. The van der Waals surface area contributed by atoms with Gasteiger partial charge in [0.25, 0.3) is 5.91 Å². The first-order valence-corrected chi connectivity index (χ1v) is 7.13. The quantitative estimate of drug-likeness (QED) is 0.759. The number of aliphatic carboxylic acids is 1. The third-order valence-corrected chi connectivity index (χ3v) is 3.25. The van der Waals surface area contributed by atoms with Crippen LogP contribution in [0.25, 0.3) is 5.69 Å². The van der Waals surface area contributed by atoms with Gasteiger partial charge in [0.05, 0.1) is 16.9 Å². The van der Waals surface area contributed by atoms with E-state index in [0.29, 0.717) is 30.1 Å². The normalized spacial score (nSPS) is 10.4. The number of hydrogen-bond donors (Lipinski definition) is 2. The van der Waals surface area contributed by atoms with Crippen LogP contribution in [0.15, 0.2) is 30.5 Å². The van der Waals surface area contributed by atoms with Crippen LogP contribution in [0, 0.1) is 0 Å². The second kappa shape index (κ2) is 7.56. The third-order valence-electron chi connectivity index (χ3n) is 2.93. The molecule has 22 heavy (non-hydrogen) atoms. The minimum absolute atomic E-state index is 0.0958. The minimum Gasteiger partial charge on any atom is -0.481 e. The summed E-state index contributed by atoms with van der Waals surface area (Å²) in [7, 11) is 0. The molecule has 0 unspecified atom stereocenters. The highest BCUT2D eigenvalue weighted by atomic mass is 35.5. The van der Waals surface area contributed by atoms with E-state index >= 15 is 0 Å². The molecule has 0 saturated carbocycles. The molecule has 2 rings (SSSR count). The molecule has 7 nitrogen and oxygen atoms in total. The van der Waals surface area contributed by atoms with E-state index in [9.17, 15) is 9.59 Å². The Morgan fingerprint density at radius 2 is 2.05 bits per heavy atom. The highest BCUT2D eigenvalue weighted by molar-refractivity contribution is 6.32.